The molecule has 0 aliphatic rings. The summed E-state index contributed by atoms with van der Waals surface area (Å²) in [6, 6.07) is 10.9. The highest BCUT2D eigenvalue weighted by atomic mass is 16.5. The maximum atomic E-state index is 12.3. The predicted octanol–water partition coefficient (Wildman–Crippen LogP) is 3.20. The molecule has 2 aromatic rings. The molecule has 1 unspecified atom stereocenters. The molecule has 2 aromatic carbocycles. The molecule has 0 radical (unpaired) electrons. The van der Waals surface area contributed by atoms with E-state index in [2.05, 4.69) is 12.2 Å². The van der Waals surface area contributed by atoms with Gasteiger partial charge in [0.1, 0.15) is 11.8 Å². The number of phenolic OH excluding ortho intramolecular Hbond substituents is 1. The van der Waals surface area contributed by atoms with E-state index in [0.717, 1.165) is 30.4 Å². The maximum absolute atomic E-state index is 12.3. The highest BCUT2D eigenvalue weighted by Gasteiger charge is 2.17. The number of methoxy groups -OCH3 is 1. The fourth-order valence-corrected chi connectivity index (χ4v) is 2.93. The number of benzene rings is 2. The Kier molecular flexibility index (Phi) is 9.42. The number of ether oxygens (including phenoxy) is 2. The van der Waals surface area contributed by atoms with Crippen LogP contribution in [-0.2, 0) is 16.0 Å². The van der Waals surface area contributed by atoms with Gasteiger partial charge in [-0.2, -0.15) is 0 Å². The second-order valence-electron chi connectivity index (χ2n) is 7.13. The number of hydrogen-bond acceptors (Lipinski definition) is 5. The van der Waals surface area contributed by atoms with Gasteiger partial charge in [-0.1, -0.05) is 38.0 Å². The number of hydrogen-bond donors (Lipinski definition) is 3. The van der Waals surface area contributed by atoms with Crippen LogP contribution in [0, 0.1) is 0 Å². The van der Waals surface area contributed by atoms with Crippen LogP contribution >= 0.6 is 0 Å². The van der Waals surface area contributed by atoms with Crippen molar-refractivity contribution in [2.75, 3.05) is 13.7 Å². The van der Waals surface area contributed by atoms with E-state index in [1.807, 2.05) is 6.07 Å². The number of phenols is 1. The highest BCUT2D eigenvalue weighted by Crippen LogP contribution is 2.28. The lowest BCUT2D eigenvalue weighted by Gasteiger charge is -2.14. The summed E-state index contributed by atoms with van der Waals surface area (Å²) < 4.78 is 11.1. The molecule has 0 fully saturated rings. The fraction of sp³-hybridized carbons (Fsp3) is 0.333. The number of primary amides is 1. The number of unbranched alkanes of at least 4 members (excludes halogenated alkanes) is 2. The Balaban J connectivity index is 2.01. The molecule has 1 atom stereocenters. The van der Waals surface area contributed by atoms with Crippen molar-refractivity contribution >= 4 is 17.9 Å². The van der Waals surface area contributed by atoms with Crippen molar-refractivity contribution in [3.63, 3.8) is 0 Å². The quantitative estimate of drug-likeness (QED) is 0.357. The van der Waals surface area contributed by atoms with Crippen LogP contribution in [-0.4, -0.2) is 36.7 Å². The molecule has 0 saturated carbocycles. The number of amides is 2. The third kappa shape index (κ3) is 8.04. The van der Waals surface area contributed by atoms with E-state index in [1.165, 1.54) is 18.2 Å². The minimum atomic E-state index is -0.866. The largest absolute Gasteiger partial charge is 0.508 e. The van der Waals surface area contributed by atoms with Crippen LogP contribution in [0.15, 0.2) is 48.5 Å². The van der Waals surface area contributed by atoms with Gasteiger partial charge in [0, 0.05) is 12.5 Å². The third-order valence-electron chi connectivity index (χ3n) is 4.66. The molecular formula is C24H30N2O5. The van der Waals surface area contributed by atoms with Crippen LogP contribution in [0.4, 0.5) is 0 Å². The molecular weight excluding hydrogens is 396 g/mol. The van der Waals surface area contributed by atoms with Crippen molar-refractivity contribution in [1.82, 2.24) is 5.32 Å². The molecule has 2 rings (SSSR count). The smallest absolute Gasteiger partial charge is 0.244 e. The number of nitrogens with one attached hydrogen (secondary N) is 1. The fourth-order valence-electron chi connectivity index (χ4n) is 2.93. The number of aromatic hydroxyl groups is 1. The summed E-state index contributed by atoms with van der Waals surface area (Å²) in [4.78, 5) is 24.1. The van der Waals surface area contributed by atoms with E-state index in [1.54, 1.807) is 37.5 Å². The lowest BCUT2D eigenvalue weighted by Crippen LogP contribution is -2.45. The zero-order valence-corrected chi connectivity index (χ0v) is 18.0. The first-order chi connectivity index (χ1) is 14.9. The van der Waals surface area contributed by atoms with Crippen LogP contribution in [0.25, 0.3) is 6.08 Å². The van der Waals surface area contributed by atoms with Crippen LogP contribution in [0.5, 0.6) is 17.2 Å². The molecule has 2 amide bonds. The van der Waals surface area contributed by atoms with Gasteiger partial charge >= 0.3 is 0 Å². The van der Waals surface area contributed by atoms with E-state index in [-0.39, 0.29) is 12.2 Å². The number of rotatable bonds is 12. The number of carbonyl (C=O) groups is 2. The summed E-state index contributed by atoms with van der Waals surface area (Å²) in [6.45, 7) is 2.72. The van der Waals surface area contributed by atoms with Crippen molar-refractivity contribution in [3.05, 3.63) is 59.7 Å². The van der Waals surface area contributed by atoms with Crippen molar-refractivity contribution < 1.29 is 24.2 Å². The topological polar surface area (TPSA) is 111 Å². The molecule has 7 heteroatoms. The van der Waals surface area contributed by atoms with Gasteiger partial charge in [0.2, 0.25) is 11.8 Å². The van der Waals surface area contributed by atoms with Gasteiger partial charge in [0.25, 0.3) is 0 Å². The van der Waals surface area contributed by atoms with E-state index < -0.39 is 17.9 Å². The van der Waals surface area contributed by atoms with E-state index in [0.29, 0.717) is 18.1 Å². The second kappa shape index (κ2) is 12.3. The molecule has 0 heterocycles. The Bertz CT molecular complexity index is 893. The molecule has 31 heavy (non-hydrogen) atoms. The van der Waals surface area contributed by atoms with Crippen molar-refractivity contribution in [2.24, 2.45) is 5.73 Å². The molecule has 0 aliphatic heterocycles. The molecule has 0 spiro atoms. The summed E-state index contributed by atoms with van der Waals surface area (Å²) in [6.07, 6.45) is 6.36. The molecule has 166 valence electrons. The van der Waals surface area contributed by atoms with Gasteiger partial charge in [-0.25, -0.2) is 0 Å². The van der Waals surface area contributed by atoms with Crippen LogP contribution in [0.2, 0.25) is 0 Å². The van der Waals surface area contributed by atoms with Crippen LogP contribution < -0.4 is 20.5 Å². The first-order valence-corrected chi connectivity index (χ1v) is 10.3. The first kappa shape index (κ1) is 23.8. The lowest BCUT2D eigenvalue weighted by molar-refractivity contribution is -0.124. The minimum absolute atomic E-state index is 0.125. The second-order valence-corrected chi connectivity index (χ2v) is 7.13. The van der Waals surface area contributed by atoms with Gasteiger partial charge in [-0.3, -0.25) is 9.59 Å². The maximum Gasteiger partial charge on any atom is 0.244 e. The Morgan fingerprint density at radius 1 is 1.13 bits per heavy atom. The third-order valence-corrected chi connectivity index (χ3v) is 4.66. The van der Waals surface area contributed by atoms with Gasteiger partial charge in [0.15, 0.2) is 11.5 Å². The van der Waals surface area contributed by atoms with Gasteiger partial charge in [-0.05, 0) is 47.9 Å². The Morgan fingerprint density at radius 3 is 2.52 bits per heavy atom. The molecule has 0 aromatic heterocycles. The van der Waals surface area contributed by atoms with Crippen molar-refractivity contribution in [1.29, 1.82) is 0 Å². The SMILES string of the molecule is CCCCCOc1cc(C=CC(=O)NC(Cc2ccc(O)cc2)C(N)=O)ccc1OC. The summed E-state index contributed by atoms with van der Waals surface area (Å²) in [5.74, 6) is 0.287. The van der Waals surface area contributed by atoms with E-state index in [4.69, 9.17) is 15.2 Å². The van der Waals surface area contributed by atoms with Crippen LogP contribution in [0.3, 0.4) is 0 Å². The molecule has 4 N–H and O–H groups in total. The zero-order chi connectivity index (χ0) is 22.6. The highest BCUT2D eigenvalue weighted by molar-refractivity contribution is 5.95. The molecule has 0 bridgehead atoms. The Morgan fingerprint density at radius 2 is 1.87 bits per heavy atom. The summed E-state index contributed by atoms with van der Waals surface area (Å²) >= 11 is 0. The Hall–Kier alpha value is -3.48. The van der Waals surface area contributed by atoms with E-state index in [9.17, 15) is 14.7 Å². The van der Waals surface area contributed by atoms with Gasteiger partial charge in [-0.15, -0.1) is 0 Å². The molecule has 0 aliphatic carbocycles. The Labute approximate surface area is 182 Å². The van der Waals surface area contributed by atoms with Crippen molar-refractivity contribution in [2.45, 2.75) is 38.6 Å². The van der Waals surface area contributed by atoms with Gasteiger partial charge in [0.05, 0.1) is 13.7 Å². The van der Waals surface area contributed by atoms with Crippen molar-refractivity contribution in [3.8, 4) is 17.2 Å². The van der Waals surface area contributed by atoms with Crippen LogP contribution in [0.1, 0.15) is 37.3 Å². The predicted molar refractivity (Wildman–Crippen MR) is 120 cm³/mol. The standard InChI is InChI=1S/C24H30N2O5/c1-3-4-5-14-31-22-16-18(8-12-21(22)30-2)9-13-23(28)26-20(24(25)29)15-17-6-10-19(27)11-7-17/h6-13,16,20,27H,3-5,14-15H2,1-2H3,(H2,25,29)(H,26,28). The molecule has 0 saturated heterocycles. The lowest BCUT2D eigenvalue weighted by atomic mass is 10.1. The average molecular weight is 427 g/mol. The normalized spacial score (nSPS) is 11.8. The molecule has 7 nitrogen and oxygen atoms in total. The summed E-state index contributed by atoms with van der Waals surface area (Å²) in [5.41, 5.74) is 6.96. The number of nitrogens with two attached hydrogens (primary N) is 1. The first-order valence-electron chi connectivity index (χ1n) is 10.3. The summed E-state index contributed by atoms with van der Waals surface area (Å²) in [5, 5.41) is 12.0. The zero-order valence-electron chi connectivity index (χ0n) is 18.0. The van der Waals surface area contributed by atoms with E-state index >= 15 is 0 Å². The average Bonchev–Trinajstić information content (AvgIpc) is 2.76. The summed E-state index contributed by atoms with van der Waals surface area (Å²) in [7, 11) is 1.58. The minimum Gasteiger partial charge on any atom is -0.508 e. The monoisotopic (exact) mass is 426 g/mol. The number of carbonyl (C=O) groups excluding carboxylic acids is 2. The van der Waals surface area contributed by atoms with Gasteiger partial charge < -0.3 is 25.6 Å².